The number of sulfonamides is 1. The van der Waals surface area contributed by atoms with Gasteiger partial charge in [0, 0.05) is 35.6 Å². The van der Waals surface area contributed by atoms with E-state index in [0.29, 0.717) is 0 Å². The molecule has 3 aromatic rings. The van der Waals surface area contributed by atoms with E-state index in [9.17, 15) is 28.1 Å². The maximum Gasteiger partial charge on any atom is 0.271 e. The minimum absolute atomic E-state index is 0.0102. The first-order valence-electron chi connectivity index (χ1n) is 13.6. The number of nitro groups is 1. The average Bonchev–Trinajstić information content (AvgIpc) is 3.46. The molecule has 0 radical (unpaired) electrons. The summed E-state index contributed by atoms with van der Waals surface area (Å²) in [6.45, 7) is -0.601. The number of non-ortho nitro benzene ring substituents is 1. The molecule has 4 rings (SSSR count). The van der Waals surface area contributed by atoms with Gasteiger partial charge in [0.05, 0.1) is 16.9 Å². The van der Waals surface area contributed by atoms with E-state index in [1.165, 1.54) is 23.1 Å². The van der Waals surface area contributed by atoms with Crippen molar-refractivity contribution in [3.05, 3.63) is 105 Å². The van der Waals surface area contributed by atoms with Crippen LogP contribution in [0.4, 0.5) is 11.4 Å². The summed E-state index contributed by atoms with van der Waals surface area (Å²) < 4.78 is 27.4. The molecule has 0 aromatic heterocycles. The van der Waals surface area contributed by atoms with Crippen LogP contribution in [0.5, 0.6) is 0 Å². The lowest BCUT2D eigenvalue weighted by Gasteiger charge is -2.34. The third-order valence-electron chi connectivity index (χ3n) is 7.22. The molecule has 0 heterocycles. The van der Waals surface area contributed by atoms with Gasteiger partial charge in [-0.3, -0.25) is 24.0 Å². The molecule has 1 fully saturated rings. The number of nitrogens with zero attached hydrogens (tertiary/aromatic N) is 3. The predicted octanol–water partition coefficient (Wildman–Crippen LogP) is 4.82. The van der Waals surface area contributed by atoms with Crippen molar-refractivity contribution in [1.82, 2.24) is 10.2 Å². The Kier molecular flexibility index (Phi) is 10.3. The Morgan fingerprint density at radius 2 is 1.67 bits per heavy atom. The fourth-order valence-electron chi connectivity index (χ4n) is 5.13. The van der Waals surface area contributed by atoms with Crippen molar-refractivity contribution in [3.8, 4) is 0 Å². The zero-order valence-electron chi connectivity index (χ0n) is 23.2. The van der Waals surface area contributed by atoms with E-state index in [1.807, 2.05) is 54.6 Å². The highest BCUT2D eigenvalue weighted by atomic mass is 79.9. The molecule has 2 amide bonds. The number of hydrogen-bond acceptors (Lipinski definition) is 6. The molecule has 0 unspecified atom stereocenters. The molecule has 1 saturated carbocycles. The number of carbonyl (C=O) groups is 2. The van der Waals surface area contributed by atoms with Crippen LogP contribution in [0.25, 0.3) is 0 Å². The number of nitrogens with one attached hydrogen (secondary N) is 1. The van der Waals surface area contributed by atoms with E-state index in [2.05, 4.69) is 21.2 Å². The Labute approximate surface area is 254 Å². The number of halogens is 1. The number of nitro benzene ring substituents is 1. The molecule has 1 aliphatic rings. The third-order valence-corrected chi connectivity index (χ3v) is 8.86. The molecule has 0 bridgehead atoms. The smallest absolute Gasteiger partial charge is 0.271 e. The van der Waals surface area contributed by atoms with E-state index >= 15 is 0 Å². The highest BCUT2D eigenvalue weighted by molar-refractivity contribution is 9.10. The molecule has 1 atom stereocenters. The van der Waals surface area contributed by atoms with Crippen molar-refractivity contribution in [2.45, 2.75) is 50.7 Å². The van der Waals surface area contributed by atoms with Crippen LogP contribution in [0, 0.1) is 10.1 Å². The van der Waals surface area contributed by atoms with Gasteiger partial charge in [-0.25, -0.2) is 8.42 Å². The number of benzene rings is 3. The molecule has 0 saturated heterocycles. The fourth-order valence-corrected chi connectivity index (χ4v) is 6.42. The highest BCUT2D eigenvalue weighted by Crippen LogP contribution is 2.25. The molecule has 12 heteroatoms. The minimum atomic E-state index is -4.04. The molecule has 1 aliphatic carbocycles. The monoisotopic (exact) mass is 656 g/mol. The van der Waals surface area contributed by atoms with Gasteiger partial charge < -0.3 is 10.2 Å². The Morgan fingerprint density at radius 3 is 2.31 bits per heavy atom. The second kappa shape index (κ2) is 13.9. The Morgan fingerprint density at radius 1 is 1.00 bits per heavy atom. The summed E-state index contributed by atoms with van der Waals surface area (Å²) in [5.74, 6) is -0.926. The van der Waals surface area contributed by atoms with Gasteiger partial charge in [0.15, 0.2) is 0 Å². The van der Waals surface area contributed by atoms with Crippen molar-refractivity contribution in [2.75, 3.05) is 17.1 Å². The zero-order valence-corrected chi connectivity index (χ0v) is 25.6. The molecule has 3 aromatic carbocycles. The Balaban J connectivity index is 1.74. The van der Waals surface area contributed by atoms with E-state index < -0.39 is 33.4 Å². The zero-order chi connectivity index (χ0) is 30.3. The largest absolute Gasteiger partial charge is 0.352 e. The Bertz CT molecular complexity index is 1530. The maximum absolute atomic E-state index is 14.1. The number of carbonyl (C=O) groups excluding carboxylic acids is 2. The van der Waals surface area contributed by atoms with Crippen LogP contribution >= 0.6 is 15.9 Å². The van der Waals surface area contributed by atoms with Crippen LogP contribution in [-0.4, -0.2) is 54.9 Å². The van der Waals surface area contributed by atoms with E-state index in [-0.39, 0.29) is 36.3 Å². The lowest BCUT2D eigenvalue weighted by Crippen LogP contribution is -2.54. The third kappa shape index (κ3) is 8.39. The lowest BCUT2D eigenvalue weighted by atomic mass is 10.0. The number of hydrogen-bond donors (Lipinski definition) is 1. The van der Waals surface area contributed by atoms with Gasteiger partial charge in [0.25, 0.3) is 5.69 Å². The first kappa shape index (κ1) is 31.2. The number of rotatable bonds is 12. The second-order valence-electron chi connectivity index (χ2n) is 10.4. The van der Waals surface area contributed by atoms with Gasteiger partial charge in [0.2, 0.25) is 21.8 Å². The van der Waals surface area contributed by atoms with Crippen LogP contribution < -0.4 is 9.62 Å². The summed E-state index contributed by atoms with van der Waals surface area (Å²) in [6, 6.07) is 20.9. The second-order valence-corrected chi connectivity index (χ2v) is 13.2. The van der Waals surface area contributed by atoms with Crippen molar-refractivity contribution in [3.63, 3.8) is 0 Å². The van der Waals surface area contributed by atoms with E-state index in [1.54, 1.807) is 0 Å². The molecule has 1 N–H and O–H groups in total. The van der Waals surface area contributed by atoms with Gasteiger partial charge in [0.1, 0.15) is 12.6 Å². The van der Waals surface area contributed by atoms with Gasteiger partial charge in [-0.1, -0.05) is 77.3 Å². The molecule has 0 aliphatic heterocycles. The van der Waals surface area contributed by atoms with Crippen molar-refractivity contribution in [2.24, 2.45) is 0 Å². The molecular weight excluding hydrogens is 624 g/mol. The summed E-state index contributed by atoms with van der Waals surface area (Å²) in [7, 11) is -4.04. The molecule has 10 nitrogen and oxygen atoms in total. The topological polar surface area (TPSA) is 130 Å². The molecule has 0 spiro atoms. The quantitative estimate of drug-likeness (QED) is 0.220. The van der Waals surface area contributed by atoms with E-state index in [0.717, 1.165) is 57.9 Å². The summed E-state index contributed by atoms with van der Waals surface area (Å²) in [5.41, 5.74) is 1.26. The van der Waals surface area contributed by atoms with Crippen LogP contribution in [0.3, 0.4) is 0 Å². The molecular formula is C30H33BrN4O6S. The molecule has 222 valence electrons. The Hall–Kier alpha value is -3.77. The standard InChI is InChI=1S/C30H33BrN4O6S/c1-42(40,41)34(26-15-8-16-27(19-26)35(38)39)21-29(36)33(20-23-11-7-12-24(31)17-23)28(18-22-9-3-2-4-10-22)30(37)32-25-13-5-6-14-25/h2-4,7-12,15-17,19,25,28H,5-6,13-14,18,20-21H2,1H3,(H,32,37)/t28-/m0/s1. The average molecular weight is 658 g/mol. The predicted molar refractivity (Wildman–Crippen MR) is 164 cm³/mol. The lowest BCUT2D eigenvalue weighted by molar-refractivity contribution is -0.384. The SMILES string of the molecule is CS(=O)(=O)N(CC(=O)N(Cc1cccc(Br)c1)[C@@H](Cc1ccccc1)C(=O)NC1CCCC1)c1cccc([N+](=O)[O-])c1. The van der Waals surface area contributed by atoms with Crippen LogP contribution in [0.15, 0.2) is 83.3 Å². The van der Waals surface area contributed by atoms with Crippen molar-refractivity contribution >= 4 is 49.1 Å². The first-order valence-corrected chi connectivity index (χ1v) is 16.3. The highest BCUT2D eigenvalue weighted by Gasteiger charge is 2.34. The summed E-state index contributed by atoms with van der Waals surface area (Å²) in [4.78, 5) is 40.2. The number of amides is 2. The van der Waals surface area contributed by atoms with Crippen LogP contribution in [0.2, 0.25) is 0 Å². The minimum Gasteiger partial charge on any atom is -0.352 e. The van der Waals surface area contributed by atoms with Crippen LogP contribution in [-0.2, 0) is 32.6 Å². The van der Waals surface area contributed by atoms with Crippen molar-refractivity contribution < 1.29 is 22.9 Å². The summed E-state index contributed by atoms with van der Waals surface area (Å²) in [5, 5.41) is 14.5. The normalized spacial score (nSPS) is 14.2. The number of anilines is 1. The van der Waals surface area contributed by atoms with E-state index in [4.69, 9.17) is 0 Å². The maximum atomic E-state index is 14.1. The van der Waals surface area contributed by atoms with Gasteiger partial charge in [-0.2, -0.15) is 0 Å². The summed E-state index contributed by atoms with van der Waals surface area (Å²) >= 11 is 3.46. The van der Waals surface area contributed by atoms with Gasteiger partial charge in [-0.05, 0) is 42.2 Å². The molecule has 42 heavy (non-hydrogen) atoms. The fraction of sp³-hybridized carbons (Fsp3) is 0.333. The summed E-state index contributed by atoms with van der Waals surface area (Å²) in [6.07, 6.45) is 4.90. The first-order chi connectivity index (χ1) is 20.0. The van der Waals surface area contributed by atoms with Gasteiger partial charge in [-0.15, -0.1) is 0 Å². The van der Waals surface area contributed by atoms with Gasteiger partial charge >= 0.3 is 0 Å². The van der Waals surface area contributed by atoms with Crippen LogP contribution in [0.1, 0.15) is 36.8 Å². The van der Waals surface area contributed by atoms with Crippen molar-refractivity contribution in [1.29, 1.82) is 0 Å².